The van der Waals surface area contributed by atoms with Gasteiger partial charge in [-0.1, -0.05) is 29.8 Å². The molecule has 0 atom stereocenters. The van der Waals surface area contributed by atoms with E-state index in [1.54, 1.807) is 18.5 Å². The summed E-state index contributed by atoms with van der Waals surface area (Å²) in [6, 6.07) is 12.7. The number of sulfonamides is 1. The molecule has 0 amide bonds. The summed E-state index contributed by atoms with van der Waals surface area (Å²) in [4.78, 5) is 0.0664. The molecule has 0 aliphatic carbocycles. The minimum absolute atomic E-state index is 0.0191. The third-order valence-corrected chi connectivity index (χ3v) is 5.60. The second-order valence-electron chi connectivity index (χ2n) is 5.48. The highest BCUT2D eigenvalue weighted by Gasteiger charge is 2.26. The summed E-state index contributed by atoms with van der Waals surface area (Å²) < 4.78 is 42.7. The zero-order valence-electron chi connectivity index (χ0n) is 13.5. The maximum absolute atomic E-state index is 13.1. The Balaban J connectivity index is 2.05. The quantitative estimate of drug-likeness (QED) is 0.742. The van der Waals surface area contributed by atoms with Crippen molar-refractivity contribution in [1.29, 1.82) is 0 Å². The van der Waals surface area contributed by atoms with Crippen LogP contribution in [0.25, 0.3) is 5.69 Å². The van der Waals surface area contributed by atoms with Crippen LogP contribution in [0.15, 0.2) is 53.4 Å². The molecule has 1 N–H and O–H groups in total. The van der Waals surface area contributed by atoms with E-state index in [0.29, 0.717) is 11.4 Å². The predicted molar refractivity (Wildman–Crippen MR) is 95.3 cm³/mol. The second-order valence-corrected chi connectivity index (χ2v) is 7.50. The standard InChI is InChI=1S/C17H15ClFN3O2S/c1-11-17(12(2)22(20-11)14-6-4-3-5-7-14)25(23,24)21-16-9-8-13(19)10-15(16)18/h3-10,21H,1-2H3. The second kappa shape index (κ2) is 6.50. The number of para-hydroxylation sites is 1. The average Bonchev–Trinajstić information content (AvgIpc) is 2.86. The molecule has 3 aromatic rings. The molecule has 25 heavy (non-hydrogen) atoms. The Morgan fingerprint density at radius 1 is 1.12 bits per heavy atom. The fourth-order valence-electron chi connectivity index (χ4n) is 2.61. The summed E-state index contributed by atoms with van der Waals surface area (Å²) in [6.07, 6.45) is 0. The molecule has 2 aromatic carbocycles. The van der Waals surface area contributed by atoms with E-state index in [1.807, 2.05) is 30.3 Å². The van der Waals surface area contributed by atoms with Crippen molar-refractivity contribution in [3.63, 3.8) is 0 Å². The van der Waals surface area contributed by atoms with E-state index < -0.39 is 15.8 Å². The smallest absolute Gasteiger partial charge is 0.265 e. The van der Waals surface area contributed by atoms with Gasteiger partial charge in [-0.2, -0.15) is 5.10 Å². The third-order valence-electron chi connectivity index (χ3n) is 3.67. The molecule has 3 rings (SSSR count). The van der Waals surface area contributed by atoms with Crippen LogP contribution in [-0.2, 0) is 10.0 Å². The number of hydrogen-bond acceptors (Lipinski definition) is 3. The van der Waals surface area contributed by atoms with Crippen molar-refractivity contribution in [3.05, 3.63) is 70.8 Å². The fourth-order valence-corrected chi connectivity index (χ4v) is 4.35. The van der Waals surface area contributed by atoms with E-state index in [2.05, 4.69) is 9.82 Å². The van der Waals surface area contributed by atoms with Crippen molar-refractivity contribution in [2.24, 2.45) is 0 Å². The van der Waals surface area contributed by atoms with Crippen LogP contribution in [-0.4, -0.2) is 18.2 Å². The van der Waals surface area contributed by atoms with Crippen LogP contribution < -0.4 is 4.72 Å². The molecular weight excluding hydrogens is 365 g/mol. The van der Waals surface area contributed by atoms with Gasteiger partial charge in [0, 0.05) is 0 Å². The lowest BCUT2D eigenvalue weighted by atomic mass is 10.3. The number of nitrogens with zero attached hydrogens (tertiary/aromatic N) is 2. The Labute approximate surface area is 150 Å². The minimum Gasteiger partial charge on any atom is -0.278 e. The summed E-state index contributed by atoms with van der Waals surface area (Å²) in [5, 5.41) is 4.31. The van der Waals surface area contributed by atoms with E-state index in [-0.39, 0.29) is 15.6 Å². The Bertz CT molecular complexity index is 1030. The molecule has 0 saturated heterocycles. The van der Waals surface area contributed by atoms with Gasteiger partial charge in [-0.15, -0.1) is 0 Å². The zero-order valence-corrected chi connectivity index (χ0v) is 15.1. The predicted octanol–water partition coefficient (Wildman–Crippen LogP) is 4.08. The van der Waals surface area contributed by atoms with Gasteiger partial charge in [-0.25, -0.2) is 17.5 Å². The van der Waals surface area contributed by atoms with Crippen LogP contribution in [0.3, 0.4) is 0 Å². The van der Waals surface area contributed by atoms with Crippen LogP contribution >= 0.6 is 11.6 Å². The summed E-state index contributed by atoms with van der Waals surface area (Å²) in [7, 11) is -3.94. The Hall–Kier alpha value is -2.38. The van der Waals surface area contributed by atoms with Gasteiger partial charge >= 0.3 is 0 Å². The molecule has 1 aromatic heterocycles. The molecule has 0 spiro atoms. The van der Waals surface area contributed by atoms with Crippen LogP contribution in [0.4, 0.5) is 10.1 Å². The maximum Gasteiger partial charge on any atom is 0.265 e. The maximum atomic E-state index is 13.1. The van der Waals surface area contributed by atoms with Gasteiger partial charge in [0.05, 0.1) is 27.8 Å². The van der Waals surface area contributed by atoms with Crippen molar-refractivity contribution >= 4 is 27.3 Å². The Kier molecular flexibility index (Phi) is 4.53. The summed E-state index contributed by atoms with van der Waals surface area (Å²) in [5.41, 5.74) is 1.68. The molecule has 0 fully saturated rings. The van der Waals surface area contributed by atoms with Crippen molar-refractivity contribution in [1.82, 2.24) is 9.78 Å². The fraction of sp³-hybridized carbons (Fsp3) is 0.118. The number of halogens is 2. The SMILES string of the molecule is Cc1nn(-c2ccccc2)c(C)c1S(=O)(=O)Nc1ccc(F)cc1Cl. The van der Waals surface area contributed by atoms with Crippen LogP contribution in [0.1, 0.15) is 11.4 Å². The van der Waals surface area contributed by atoms with Crippen LogP contribution in [0.2, 0.25) is 5.02 Å². The number of aryl methyl sites for hydroxylation is 1. The first-order valence-corrected chi connectivity index (χ1v) is 9.25. The monoisotopic (exact) mass is 379 g/mol. The molecule has 0 radical (unpaired) electrons. The van der Waals surface area contributed by atoms with Crippen LogP contribution in [0.5, 0.6) is 0 Å². The summed E-state index contributed by atoms with van der Waals surface area (Å²) in [6.45, 7) is 3.29. The molecule has 5 nitrogen and oxygen atoms in total. The van der Waals surface area contributed by atoms with E-state index >= 15 is 0 Å². The molecule has 0 saturated carbocycles. The normalized spacial score (nSPS) is 11.5. The van der Waals surface area contributed by atoms with Gasteiger partial charge in [0.1, 0.15) is 10.7 Å². The van der Waals surface area contributed by atoms with Gasteiger partial charge in [-0.3, -0.25) is 4.72 Å². The topological polar surface area (TPSA) is 64.0 Å². The largest absolute Gasteiger partial charge is 0.278 e. The average molecular weight is 380 g/mol. The van der Waals surface area contributed by atoms with Gasteiger partial charge < -0.3 is 0 Å². The van der Waals surface area contributed by atoms with Gasteiger partial charge in [0.2, 0.25) is 0 Å². The molecule has 0 aliphatic heterocycles. The van der Waals surface area contributed by atoms with Gasteiger partial charge in [-0.05, 0) is 44.2 Å². The number of benzene rings is 2. The van der Waals surface area contributed by atoms with E-state index in [9.17, 15) is 12.8 Å². The Morgan fingerprint density at radius 3 is 2.44 bits per heavy atom. The number of nitrogens with one attached hydrogen (secondary N) is 1. The molecule has 0 aliphatic rings. The molecule has 0 bridgehead atoms. The lowest BCUT2D eigenvalue weighted by Gasteiger charge is -2.10. The number of anilines is 1. The lowest BCUT2D eigenvalue weighted by molar-refractivity contribution is 0.599. The first-order chi connectivity index (χ1) is 11.8. The van der Waals surface area contributed by atoms with Crippen LogP contribution in [0, 0.1) is 19.7 Å². The van der Waals surface area contributed by atoms with Crippen molar-refractivity contribution in [2.45, 2.75) is 18.7 Å². The number of aromatic nitrogens is 2. The Morgan fingerprint density at radius 2 is 1.80 bits per heavy atom. The third kappa shape index (κ3) is 3.38. The molecule has 0 unspecified atom stereocenters. The minimum atomic E-state index is -3.94. The summed E-state index contributed by atoms with van der Waals surface area (Å²) in [5.74, 6) is -0.544. The summed E-state index contributed by atoms with van der Waals surface area (Å²) >= 11 is 5.92. The molecule has 130 valence electrons. The van der Waals surface area contributed by atoms with Crippen molar-refractivity contribution < 1.29 is 12.8 Å². The number of rotatable bonds is 4. The highest BCUT2D eigenvalue weighted by atomic mass is 35.5. The lowest BCUT2D eigenvalue weighted by Crippen LogP contribution is -2.15. The number of hydrogen-bond donors (Lipinski definition) is 1. The van der Waals surface area contributed by atoms with E-state index in [0.717, 1.165) is 17.8 Å². The highest BCUT2D eigenvalue weighted by Crippen LogP contribution is 2.28. The van der Waals surface area contributed by atoms with Crippen molar-refractivity contribution in [2.75, 3.05) is 4.72 Å². The zero-order chi connectivity index (χ0) is 18.2. The highest BCUT2D eigenvalue weighted by molar-refractivity contribution is 7.92. The van der Waals surface area contributed by atoms with Gasteiger partial charge in [0.15, 0.2) is 0 Å². The first-order valence-electron chi connectivity index (χ1n) is 7.39. The van der Waals surface area contributed by atoms with Crippen molar-refractivity contribution in [3.8, 4) is 5.69 Å². The molecular formula is C17H15ClFN3O2S. The van der Waals surface area contributed by atoms with E-state index in [1.165, 1.54) is 6.07 Å². The van der Waals surface area contributed by atoms with Gasteiger partial charge in [0.25, 0.3) is 10.0 Å². The molecule has 8 heteroatoms. The first kappa shape index (κ1) is 17.4. The van der Waals surface area contributed by atoms with E-state index in [4.69, 9.17) is 11.6 Å². The molecule has 1 heterocycles.